The lowest BCUT2D eigenvalue weighted by Gasteiger charge is -2.66. The van der Waals surface area contributed by atoms with E-state index in [9.17, 15) is 0 Å². The first-order valence-electron chi connectivity index (χ1n) is 8.50. The van der Waals surface area contributed by atoms with Gasteiger partial charge in [-0.15, -0.1) is 0 Å². The van der Waals surface area contributed by atoms with Crippen molar-refractivity contribution in [2.45, 2.75) is 70.0 Å². The van der Waals surface area contributed by atoms with Gasteiger partial charge in [-0.1, -0.05) is 29.8 Å². The Kier molecular flexibility index (Phi) is 3.13. The van der Waals surface area contributed by atoms with Gasteiger partial charge in [-0.2, -0.15) is 0 Å². The van der Waals surface area contributed by atoms with Crippen LogP contribution in [0.15, 0.2) is 12.4 Å². The van der Waals surface area contributed by atoms with E-state index in [0.717, 1.165) is 18.2 Å². The number of hydrogen-bond acceptors (Lipinski definition) is 1. The highest BCUT2D eigenvalue weighted by atomic mass is 79.9. The van der Waals surface area contributed by atoms with Crippen molar-refractivity contribution in [1.29, 1.82) is 0 Å². The molecule has 3 atom stereocenters. The predicted octanol–water partition coefficient (Wildman–Crippen LogP) is 5.10. The zero-order valence-corrected chi connectivity index (χ0v) is 14.9. The molecule has 4 aliphatic carbocycles. The van der Waals surface area contributed by atoms with Crippen molar-refractivity contribution in [3.8, 4) is 0 Å². The molecule has 0 spiro atoms. The summed E-state index contributed by atoms with van der Waals surface area (Å²) in [6.45, 7) is 5.14. The standard InChI is InChI=1S/C18H27BrN2/c1-16-6-13-7-17(2,10-16)12-18(8-13,11-16)9-14(19)5-15-20-3-4-21-15/h3-4,13-14H,5-12H2,1-2H3,(H,20,21). The predicted molar refractivity (Wildman–Crippen MR) is 89.5 cm³/mol. The molecule has 2 nitrogen and oxygen atoms in total. The number of nitrogens with one attached hydrogen (secondary N) is 1. The summed E-state index contributed by atoms with van der Waals surface area (Å²) in [5.41, 5.74) is 1.86. The van der Waals surface area contributed by atoms with E-state index in [2.05, 4.69) is 39.7 Å². The maximum atomic E-state index is 4.39. The van der Waals surface area contributed by atoms with E-state index in [0.29, 0.717) is 21.1 Å². The number of H-pyrrole nitrogens is 1. The van der Waals surface area contributed by atoms with Crippen molar-refractivity contribution in [3.05, 3.63) is 18.2 Å². The van der Waals surface area contributed by atoms with Crippen LogP contribution in [0.5, 0.6) is 0 Å². The van der Waals surface area contributed by atoms with Gasteiger partial charge in [-0.05, 0) is 67.1 Å². The highest BCUT2D eigenvalue weighted by molar-refractivity contribution is 9.09. The molecule has 0 radical (unpaired) electrons. The minimum Gasteiger partial charge on any atom is -0.349 e. The highest BCUT2D eigenvalue weighted by Gasteiger charge is 2.59. The zero-order valence-electron chi connectivity index (χ0n) is 13.3. The number of aromatic amines is 1. The molecule has 0 amide bonds. The third kappa shape index (κ3) is 2.60. The van der Waals surface area contributed by atoms with Gasteiger partial charge in [-0.25, -0.2) is 4.98 Å². The van der Waals surface area contributed by atoms with Gasteiger partial charge in [0, 0.05) is 23.6 Å². The quantitative estimate of drug-likeness (QED) is 0.751. The Labute approximate surface area is 136 Å². The van der Waals surface area contributed by atoms with Gasteiger partial charge in [0.1, 0.15) is 5.82 Å². The fraction of sp³-hybridized carbons (Fsp3) is 0.833. The number of hydrogen-bond donors (Lipinski definition) is 1. The molecule has 3 heteroatoms. The maximum Gasteiger partial charge on any atom is 0.107 e. The van der Waals surface area contributed by atoms with E-state index in [-0.39, 0.29) is 0 Å². The molecular weight excluding hydrogens is 324 g/mol. The number of imidazole rings is 1. The molecular formula is C18H27BrN2. The maximum absolute atomic E-state index is 4.39. The molecule has 1 heterocycles. The highest BCUT2D eigenvalue weighted by Crippen LogP contribution is 2.70. The van der Waals surface area contributed by atoms with Crippen LogP contribution in [0.1, 0.15) is 64.6 Å². The number of nitrogens with zero attached hydrogens (tertiary/aromatic N) is 1. The summed E-state index contributed by atoms with van der Waals surface area (Å²) in [6.07, 6.45) is 15.0. The molecule has 3 unspecified atom stereocenters. The van der Waals surface area contributed by atoms with Crippen LogP contribution < -0.4 is 0 Å². The minimum absolute atomic E-state index is 0.562. The largest absolute Gasteiger partial charge is 0.349 e. The normalized spacial score (nSPS) is 46.0. The lowest BCUT2D eigenvalue weighted by atomic mass is 9.40. The third-order valence-electron chi connectivity index (χ3n) is 6.37. The SMILES string of the molecule is CC12CC3CC(C)(C1)CC(CC(Br)Cc1ncc[nH]1)(C3)C2. The van der Waals surface area contributed by atoms with E-state index >= 15 is 0 Å². The fourth-order valence-electron chi connectivity index (χ4n) is 7.07. The molecule has 4 bridgehead atoms. The van der Waals surface area contributed by atoms with E-state index < -0.39 is 0 Å². The molecule has 116 valence electrons. The summed E-state index contributed by atoms with van der Waals surface area (Å²) >= 11 is 3.96. The minimum atomic E-state index is 0.562. The van der Waals surface area contributed by atoms with Crippen LogP contribution in [0.25, 0.3) is 0 Å². The van der Waals surface area contributed by atoms with Crippen LogP contribution in [0, 0.1) is 22.2 Å². The molecule has 1 aromatic rings. The molecule has 4 aliphatic rings. The molecule has 1 aromatic heterocycles. The second kappa shape index (κ2) is 4.59. The van der Waals surface area contributed by atoms with Gasteiger partial charge < -0.3 is 4.98 Å². The van der Waals surface area contributed by atoms with Crippen LogP contribution in [0.3, 0.4) is 0 Å². The van der Waals surface area contributed by atoms with Crippen LogP contribution >= 0.6 is 15.9 Å². The Morgan fingerprint density at radius 3 is 2.52 bits per heavy atom. The fourth-order valence-corrected chi connectivity index (χ4v) is 8.07. The average Bonchev–Trinajstić information content (AvgIpc) is 2.74. The van der Waals surface area contributed by atoms with E-state index in [1.54, 1.807) is 0 Å². The number of rotatable bonds is 4. The molecule has 0 aromatic carbocycles. The Hall–Kier alpha value is -0.310. The number of halogens is 1. The zero-order chi connectivity index (χ0) is 14.7. The van der Waals surface area contributed by atoms with Crippen LogP contribution in [-0.2, 0) is 6.42 Å². The van der Waals surface area contributed by atoms with Gasteiger partial charge >= 0.3 is 0 Å². The Morgan fingerprint density at radius 2 is 1.95 bits per heavy atom. The summed E-state index contributed by atoms with van der Waals surface area (Å²) in [5.74, 6) is 2.12. The van der Waals surface area contributed by atoms with Crippen molar-refractivity contribution in [3.63, 3.8) is 0 Å². The molecule has 1 N–H and O–H groups in total. The monoisotopic (exact) mass is 350 g/mol. The van der Waals surface area contributed by atoms with Gasteiger partial charge in [-0.3, -0.25) is 0 Å². The molecule has 0 aliphatic heterocycles. The van der Waals surface area contributed by atoms with Crippen molar-refractivity contribution in [2.24, 2.45) is 22.2 Å². The Morgan fingerprint density at radius 1 is 1.24 bits per heavy atom. The molecule has 21 heavy (non-hydrogen) atoms. The van der Waals surface area contributed by atoms with Crippen molar-refractivity contribution in [1.82, 2.24) is 9.97 Å². The van der Waals surface area contributed by atoms with E-state index in [1.807, 2.05) is 12.4 Å². The van der Waals surface area contributed by atoms with Crippen molar-refractivity contribution < 1.29 is 0 Å². The Balaban J connectivity index is 1.51. The van der Waals surface area contributed by atoms with E-state index in [1.165, 1.54) is 44.9 Å². The summed E-state index contributed by atoms with van der Waals surface area (Å²) < 4.78 is 0. The van der Waals surface area contributed by atoms with Gasteiger partial charge in [0.15, 0.2) is 0 Å². The first kappa shape index (κ1) is 14.3. The van der Waals surface area contributed by atoms with Crippen LogP contribution in [0.4, 0.5) is 0 Å². The summed E-state index contributed by atoms with van der Waals surface area (Å²) in [5, 5.41) is 0. The smallest absolute Gasteiger partial charge is 0.107 e. The van der Waals surface area contributed by atoms with E-state index in [4.69, 9.17) is 0 Å². The average molecular weight is 351 g/mol. The Bertz CT molecular complexity index is 505. The summed E-state index contributed by atoms with van der Waals surface area (Å²) in [6, 6.07) is 0. The van der Waals surface area contributed by atoms with Gasteiger partial charge in [0.25, 0.3) is 0 Å². The molecule has 0 saturated heterocycles. The lowest BCUT2D eigenvalue weighted by Crippen LogP contribution is -2.55. The lowest BCUT2D eigenvalue weighted by molar-refractivity contribution is -0.147. The number of alkyl halides is 1. The summed E-state index contributed by atoms with van der Waals surface area (Å²) in [4.78, 5) is 8.20. The second-order valence-electron chi connectivity index (χ2n) is 9.17. The van der Waals surface area contributed by atoms with Crippen LogP contribution in [0.2, 0.25) is 0 Å². The van der Waals surface area contributed by atoms with Gasteiger partial charge in [0.05, 0.1) is 0 Å². The third-order valence-corrected chi connectivity index (χ3v) is 7.01. The van der Waals surface area contributed by atoms with Crippen LogP contribution in [-0.4, -0.2) is 14.8 Å². The summed E-state index contributed by atoms with van der Waals surface area (Å²) in [7, 11) is 0. The molecule has 5 rings (SSSR count). The van der Waals surface area contributed by atoms with Crippen molar-refractivity contribution in [2.75, 3.05) is 0 Å². The first-order chi connectivity index (χ1) is 9.88. The molecule has 4 saturated carbocycles. The topological polar surface area (TPSA) is 28.7 Å². The molecule has 4 fully saturated rings. The second-order valence-corrected chi connectivity index (χ2v) is 10.5. The van der Waals surface area contributed by atoms with Gasteiger partial charge in [0.2, 0.25) is 0 Å². The first-order valence-corrected chi connectivity index (χ1v) is 9.42. The number of aromatic nitrogens is 2. The van der Waals surface area contributed by atoms with Crippen molar-refractivity contribution >= 4 is 15.9 Å².